The number of rotatable bonds is 5. The van der Waals surface area contributed by atoms with Crippen LogP contribution in [0.3, 0.4) is 0 Å². The van der Waals surface area contributed by atoms with Crippen molar-refractivity contribution in [3.8, 4) is 11.3 Å². The summed E-state index contributed by atoms with van der Waals surface area (Å²) >= 11 is 3.53. The largest absolute Gasteiger partial charge is 0.294 e. The van der Waals surface area contributed by atoms with Gasteiger partial charge in [-0.3, -0.25) is 9.23 Å². The molecule has 3 aromatic rings. The fraction of sp³-hybridized carbons (Fsp3) is 0.211. The van der Waals surface area contributed by atoms with E-state index >= 15 is 0 Å². The van der Waals surface area contributed by atoms with E-state index in [2.05, 4.69) is 21.0 Å². The Morgan fingerprint density at radius 3 is 2.44 bits per heavy atom. The number of hydrogen-bond acceptors (Lipinski definition) is 3. The number of halogens is 2. The average Bonchev–Trinajstić information content (AvgIpc) is 2.87. The second-order valence-electron chi connectivity index (χ2n) is 6.31. The monoisotopic (exact) mass is 452 g/mol. The smallest absolute Gasteiger partial charge is 0.282 e. The summed E-state index contributed by atoms with van der Waals surface area (Å²) in [5, 5.41) is 4.50. The highest BCUT2D eigenvalue weighted by Crippen LogP contribution is 2.31. The molecule has 0 aliphatic rings. The van der Waals surface area contributed by atoms with E-state index in [1.54, 1.807) is 28.9 Å². The molecule has 0 unspecified atom stereocenters. The maximum atomic E-state index is 13.3. The van der Waals surface area contributed by atoms with Gasteiger partial charge in [-0.2, -0.15) is 13.5 Å². The summed E-state index contributed by atoms with van der Waals surface area (Å²) in [6, 6.07) is 10.9. The Balaban J connectivity index is 1.98. The van der Waals surface area contributed by atoms with Gasteiger partial charge in [-0.25, -0.2) is 4.39 Å². The van der Waals surface area contributed by atoms with Crippen molar-refractivity contribution in [2.75, 3.05) is 0 Å². The highest BCUT2D eigenvalue weighted by molar-refractivity contribution is 9.10. The van der Waals surface area contributed by atoms with Crippen LogP contribution in [0.4, 0.5) is 4.39 Å². The maximum absolute atomic E-state index is 13.3. The van der Waals surface area contributed by atoms with Gasteiger partial charge in [-0.15, -0.1) is 0 Å². The average molecular weight is 453 g/mol. The number of aromatic nitrogens is 2. The van der Waals surface area contributed by atoms with Crippen LogP contribution in [-0.4, -0.2) is 22.8 Å². The molecule has 2 aromatic carbocycles. The summed E-state index contributed by atoms with van der Waals surface area (Å²) in [7, 11) is -4.31. The van der Waals surface area contributed by atoms with Crippen molar-refractivity contribution < 1.29 is 17.4 Å². The summed E-state index contributed by atoms with van der Waals surface area (Å²) in [5.74, 6) is -0.324. The fourth-order valence-corrected chi connectivity index (χ4v) is 4.23. The number of hydrogen-bond donors (Lipinski definition) is 1. The van der Waals surface area contributed by atoms with Gasteiger partial charge in [0.05, 0.1) is 20.8 Å². The van der Waals surface area contributed by atoms with Crippen molar-refractivity contribution in [1.29, 1.82) is 0 Å². The molecule has 0 saturated heterocycles. The number of benzene rings is 2. The van der Waals surface area contributed by atoms with Gasteiger partial charge in [0.1, 0.15) is 5.82 Å². The van der Waals surface area contributed by atoms with E-state index in [0.29, 0.717) is 18.5 Å². The van der Waals surface area contributed by atoms with Crippen LogP contribution in [-0.2, 0) is 23.1 Å². The number of aryl methyl sites for hydroxylation is 4. The molecule has 1 heterocycles. The first kappa shape index (κ1) is 19.7. The van der Waals surface area contributed by atoms with Gasteiger partial charge in [-0.05, 0) is 72.1 Å². The van der Waals surface area contributed by atoms with E-state index in [1.165, 1.54) is 18.2 Å². The van der Waals surface area contributed by atoms with Crippen LogP contribution in [0.2, 0.25) is 0 Å². The molecule has 8 heteroatoms. The lowest BCUT2D eigenvalue weighted by atomic mass is 10.1. The zero-order valence-electron chi connectivity index (χ0n) is 14.8. The molecule has 5 nitrogen and oxygen atoms in total. The van der Waals surface area contributed by atoms with Crippen molar-refractivity contribution in [3.05, 3.63) is 69.6 Å². The van der Waals surface area contributed by atoms with Crippen LogP contribution >= 0.6 is 15.9 Å². The van der Waals surface area contributed by atoms with E-state index < -0.39 is 10.1 Å². The van der Waals surface area contributed by atoms with Gasteiger partial charge in [0.15, 0.2) is 0 Å². The SMILES string of the molecule is Cc1ccc(S(=O)(=O)O)c(CCn2nc(C)c(Br)c2-c2ccc(F)cc2)c1. The van der Waals surface area contributed by atoms with Crippen molar-refractivity contribution in [3.63, 3.8) is 0 Å². The van der Waals surface area contributed by atoms with Crippen LogP contribution in [0.25, 0.3) is 11.3 Å². The Labute approximate surface area is 165 Å². The third kappa shape index (κ3) is 4.28. The number of nitrogens with zero attached hydrogens (tertiary/aromatic N) is 2. The second-order valence-corrected chi connectivity index (χ2v) is 8.50. The zero-order chi connectivity index (χ0) is 19.8. The molecule has 142 valence electrons. The molecule has 0 aliphatic carbocycles. The minimum atomic E-state index is -4.31. The minimum absolute atomic E-state index is 0.0978. The summed E-state index contributed by atoms with van der Waals surface area (Å²) in [4.78, 5) is -0.0978. The van der Waals surface area contributed by atoms with E-state index in [-0.39, 0.29) is 10.7 Å². The van der Waals surface area contributed by atoms with Gasteiger partial charge in [0.25, 0.3) is 10.1 Å². The summed E-state index contributed by atoms with van der Waals surface area (Å²) < 4.78 is 48.6. The quantitative estimate of drug-likeness (QED) is 0.575. The Morgan fingerprint density at radius 2 is 1.81 bits per heavy atom. The van der Waals surface area contributed by atoms with Crippen molar-refractivity contribution in [2.24, 2.45) is 0 Å². The molecule has 3 rings (SSSR count). The zero-order valence-corrected chi connectivity index (χ0v) is 17.2. The molecule has 0 atom stereocenters. The molecule has 0 spiro atoms. The summed E-state index contributed by atoms with van der Waals surface area (Å²) in [6.45, 7) is 4.10. The molecule has 27 heavy (non-hydrogen) atoms. The summed E-state index contributed by atoms with van der Waals surface area (Å²) in [5.41, 5.74) is 3.77. The van der Waals surface area contributed by atoms with Crippen LogP contribution in [0.5, 0.6) is 0 Å². The predicted molar refractivity (Wildman–Crippen MR) is 105 cm³/mol. The lowest BCUT2D eigenvalue weighted by Crippen LogP contribution is -2.09. The molecular weight excluding hydrogens is 435 g/mol. The highest BCUT2D eigenvalue weighted by atomic mass is 79.9. The third-order valence-electron chi connectivity index (χ3n) is 4.26. The van der Waals surface area contributed by atoms with Crippen LogP contribution in [0.1, 0.15) is 16.8 Å². The van der Waals surface area contributed by atoms with Gasteiger partial charge in [0.2, 0.25) is 0 Å². The van der Waals surface area contributed by atoms with Crippen molar-refractivity contribution in [2.45, 2.75) is 31.7 Å². The van der Waals surface area contributed by atoms with Crippen LogP contribution < -0.4 is 0 Å². The Hall–Kier alpha value is -2.03. The normalized spacial score (nSPS) is 11.7. The molecule has 1 aromatic heterocycles. The van der Waals surface area contributed by atoms with Gasteiger partial charge < -0.3 is 0 Å². The van der Waals surface area contributed by atoms with E-state index in [0.717, 1.165) is 27.0 Å². The molecule has 1 N–H and O–H groups in total. The second kappa shape index (κ2) is 7.53. The Morgan fingerprint density at radius 1 is 1.15 bits per heavy atom. The molecule has 0 aliphatic heterocycles. The first-order valence-electron chi connectivity index (χ1n) is 8.22. The Bertz CT molecular complexity index is 1090. The first-order chi connectivity index (χ1) is 12.7. The lowest BCUT2D eigenvalue weighted by Gasteiger charge is -2.11. The van der Waals surface area contributed by atoms with Gasteiger partial charge in [0, 0.05) is 12.1 Å². The van der Waals surface area contributed by atoms with E-state index in [1.807, 2.05) is 13.8 Å². The molecule has 0 saturated carbocycles. The minimum Gasteiger partial charge on any atom is -0.282 e. The first-order valence-corrected chi connectivity index (χ1v) is 10.5. The standard InChI is InChI=1S/C19H18BrFN2O3S/c1-12-3-8-17(27(24,25)26)15(11-12)9-10-23-19(18(20)13(2)22-23)14-4-6-16(21)7-5-14/h3-8,11H,9-10H2,1-2H3,(H,24,25,26). The lowest BCUT2D eigenvalue weighted by molar-refractivity contribution is 0.481. The molecule has 0 fully saturated rings. The topological polar surface area (TPSA) is 72.2 Å². The Kier molecular flexibility index (Phi) is 5.50. The van der Waals surface area contributed by atoms with Crippen molar-refractivity contribution in [1.82, 2.24) is 9.78 Å². The molecule has 0 radical (unpaired) electrons. The van der Waals surface area contributed by atoms with Crippen LogP contribution in [0, 0.1) is 19.7 Å². The van der Waals surface area contributed by atoms with E-state index in [9.17, 15) is 17.4 Å². The fourth-order valence-electron chi connectivity index (χ4n) is 2.99. The maximum Gasteiger partial charge on any atom is 0.294 e. The molecular formula is C19H18BrFN2O3S. The van der Waals surface area contributed by atoms with Crippen molar-refractivity contribution >= 4 is 26.0 Å². The predicted octanol–water partition coefficient (Wildman–Crippen LogP) is 4.56. The van der Waals surface area contributed by atoms with E-state index in [4.69, 9.17) is 0 Å². The molecule has 0 bridgehead atoms. The molecule has 0 amide bonds. The van der Waals surface area contributed by atoms with Crippen LogP contribution in [0.15, 0.2) is 51.8 Å². The third-order valence-corrected chi connectivity index (χ3v) is 6.16. The van der Waals surface area contributed by atoms with Gasteiger partial charge >= 0.3 is 0 Å². The highest BCUT2D eigenvalue weighted by Gasteiger charge is 2.18. The summed E-state index contributed by atoms with van der Waals surface area (Å²) in [6.07, 6.45) is 0.360. The van der Waals surface area contributed by atoms with Gasteiger partial charge in [-0.1, -0.05) is 17.7 Å².